The molecule has 3 aromatic rings. The summed E-state index contributed by atoms with van der Waals surface area (Å²) < 4.78 is 1.72. The molecule has 28 heavy (non-hydrogen) atoms. The van der Waals surface area contributed by atoms with Crippen molar-refractivity contribution in [2.24, 2.45) is 18.9 Å². The SMILES string of the molecule is Cc1nn(C)cc1C(=O)N1C[C@@H]2CN(c3nccs3)C[C@@H]2[C@H]1c1ccccc1. The highest BCUT2D eigenvalue weighted by atomic mass is 32.1. The molecule has 7 heteroatoms. The van der Waals surface area contributed by atoms with E-state index in [0.29, 0.717) is 17.4 Å². The molecule has 0 radical (unpaired) electrons. The maximum absolute atomic E-state index is 13.5. The van der Waals surface area contributed by atoms with Crippen molar-refractivity contribution < 1.29 is 4.79 Å². The standard InChI is InChI=1S/C21H23N5OS/c1-14-17(12-24(2)23-14)20(27)26-11-16-10-25(21-22-8-9-28-21)13-18(16)19(26)15-6-4-3-5-7-15/h3-9,12,16,18-19H,10-11,13H2,1-2H3/t16-,18-,19+/m0/s1. The van der Waals surface area contributed by atoms with E-state index in [1.54, 1.807) is 16.0 Å². The van der Waals surface area contributed by atoms with Gasteiger partial charge in [0.1, 0.15) is 0 Å². The molecule has 0 aliphatic carbocycles. The van der Waals surface area contributed by atoms with Gasteiger partial charge < -0.3 is 9.80 Å². The first kappa shape index (κ1) is 17.4. The molecule has 0 N–H and O–H groups in total. The van der Waals surface area contributed by atoms with Gasteiger partial charge in [0.2, 0.25) is 0 Å². The number of rotatable bonds is 3. The molecule has 0 bridgehead atoms. The lowest BCUT2D eigenvalue weighted by Gasteiger charge is -2.30. The van der Waals surface area contributed by atoms with E-state index in [9.17, 15) is 4.79 Å². The Morgan fingerprint density at radius 3 is 2.68 bits per heavy atom. The van der Waals surface area contributed by atoms with Crippen molar-refractivity contribution in [1.29, 1.82) is 0 Å². The Bertz CT molecular complexity index is 984. The van der Waals surface area contributed by atoms with Crippen LogP contribution in [0, 0.1) is 18.8 Å². The van der Waals surface area contributed by atoms with E-state index in [-0.39, 0.29) is 11.9 Å². The maximum Gasteiger partial charge on any atom is 0.257 e. The second-order valence-corrected chi connectivity index (χ2v) is 8.63. The Balaban J connectivity index is 1.49. The van der Waals surface area contributed by atoms with Gasteiger partial charge in [0.15, 0.2) is 5.13 Å². The van der Waals surface area contributed by atoms with E-state index in [1.807, 2.05) is 37.8 Å². The van der Waals surface area contributed by atoms with E-state index in [0.717, 1.165) is 30.5 Å². The number of anilines is 1. The van der Waals surface area contributed by atoms with E-state index in [4.69, 9.17) is 0 Å². The number of nitrogens with zero attached hydrogens (tertiary/aromatic N) is 5. The highest BCUT2D eigenvalue weighted by Gasteiger charge is 2.49. The lowest BCUT2D eigenvalue weighted by Crippen LogP contribution is -2.36. The molecule has 0 spiro atoms. The molecule has 2 saturated heterocycles. The molecule has 3 atom stereocenters. The molecule has 2 fully saturated rings. The van der Waals surface area contributed by atoms with Gasteiger partial charge >= 0.3 is 0 Å². The van der Waals surface area contributed by atoms with Crippen LogP contribution in [0.5, 0.6) is 0 Å². The molecule has 144 valence electrons. The van der Waals surface area contributed by atoms with Gasteiger partial charge in [-0.1, -0.05) is 30.3 Å². The molecular formula is C21H23N5OS. The number of hydrogen-bond donors (Lipinski definition) is 0. The smallest absolute Gasteiger partial charge is 0.257 e. The fraction of sp³-hybridized carbons (Fsp3) is 0.381. The van der Waals surface area contributed by atoms with Crippen LogP contribution in [-0.4, -0.2) is 45.2 Å². The number of fused-ring (bicyclic) bond motifs is 1. The van der Waals surface area contributed by atoms with Crippen LogP contribution in [0.3, 0.4) is 0 Å². The number of likely N-dealkylation sites (tertiary alicyclic amines) is 1. The average molecular weight is 394 g/mol. The number of hydrogen-bond acceptors (Lipinski definition) is 5. The van der Waals surface area contributed by atoms with Crippen LogP contribution in [-0.2, 0) is 7.05 Å². The minimum absolute atomic E-state index is 0.0864. The fourth-order valence-electron chi connectivity index (χ4n) is 4.82. The van der Waals surface area contributed by atoms with Gasteiger partial charge in [-0.25, -0.2) is 4.98 Å². The maximum atomic E-state index is 13.5. The average Bonchev–Trinajstić information content (AvgIpc) is 3.44. The molecule has 5 rings (SSSR count). The van der Waals surface area contributed by atoms with Crippen molar-refractivity contribution in [3.05, 3.63) is 64.9 Å². The van der Waals surface area contributed by atoms with Crippen LogP contribution in [0.4, 0.5) is 5.13 Å². The van der Waals surface area contributed by atoms with E-state index < -0.39 is 0 Å². The minimum atomic E-state index is 0.0864. The summed E-state index contributed by atoms with van der Waals surface area (Å²) in [6.07, 6.45) is 3.71. The number of aryl methyl sites for hydroxylation is 2. The first-order chi connectivity index (χ1) is 13.6. The third kappa shape index (κ3) is 2.81. The molecule has 0 unspecified atom stereocenters. The summed E-state index contributed by atoms with van der Waals surface area (Å²) in [4.78, 5) is 22.4. The zero-order valence-electron chi connectivity index (χ0n) is 16.0. The number of carbonyl (C=O) groups excluding carboxylic acids is 1. The Morgan fingerprint density at radius 1 is 1.18 bits per heavy atom. The first-order valence-corrected chi connectivity index (χ1v) is 10.5. The topological polar surface area (TPSA) is 54.3 Å². The van der Waals surface area contributed by atoms with Crippen LogP contribution in [0.1, 0.15) is 27.7 Å². The Hall–Kier alpha value is -2.67. The van der Waals surface area contributed by atoms with Crippen LogP contribution in [0.2, 0.25) is 0 Å². The molecule has 2 aliphatic rings. The summed E-state index contributed by atoms with van der Waals surface area (Å²) in [5, 5.41) is 7.49. The summed E-state index contributed by atoms with van der Waals surface area (Å²) >= 11 is 1.69. The summed E-state index contributed by atoms with van der Waals surface area (Å²) in [6.45, 7) is 4.58. The monoisotopic (exact) mass is 393 g/mol. The Labute approximate surface area is 168 Å². The zero-order chi connectivity index (χ0) is 19.3. The molecule has 4 heterocycles. The van der Waals surface area contributed by atoms with Crippen LogP contribution < -0.4 is 4.90 Å². The third-order valence-corrected chi connectivity index (χ3v) is 6.83. The van der Waals surface area contributed by atoms with Gasteiger partial charge in [-0.05, 0) is 12.5 Å². The van der Waals surface area contributed by atoms with Crippen LogP contribution in [0.25, 0.3) is 0 Å². The van der Waals surface area contributed by atoms with Crippen molar-refractivity contribution in [3.8, 4) is 0 Å². The number of carbonyl (C=O) groups is 1. The number of aromatic nitrogens is 3. The minimum Gasteiger partial charge on any atom is -0.347 e. The van der Waals surface area contributed by atoms with Crippen LogP contribution in [0.15, 0.2) is 48.1 Å². The Morgan fingerprint density at radius 2 is 2.00 bits per heavy atom. The van der Waals surface area contributed by atoms with E-state index >= 15 is 0 Å². The fourth-order valence-corrected chi connectivity index (χ4v) is 5.49. The van der Waals surface area contributed by atoms with Gasteiger partial charge in [0, 0.05) is 56.3 Å². The number of benzene rings is 1. The molecule has 1 amide bonds. The molecule has 2 aliphatic heterocycles. The van der Waals surface area contributed by atoms with Crippen molar-refractivity contribution in [1.82, 2.24) is 19.7 Å². The second-order valence-electron chi connectivity index (χ2n) is 7.76. The zero-order valence-corrected chi connectivity index (χ0v) is 16.8. The van der Waals surface area contributed by atoms with Crippen molar-refractivity contribution in [3.63, 3.8) is 0 Å². The normalized spacial score (nSPS) is 24.0. The largest absolute Gasteiger partial charge is 0.347 e. The van der Waals surface area contributed by atoms with Crippen molar-refractivity contribution in [2.45, 2.75) is 13.0 Å². The van der Waals surface area contributed by atoms with Crippen LogP contribution >= 0.6 is 11.3 Å². The lowest BCUT2D eigenvalue weighted by molar-refractivity contribution is 0.0715. The second kappa shape index (κ2) is 6.74. The summed E-state index contributed by atoms with van der Waals surface area (Å²) in [5.41, 5.74) is 2.71. The molecule has 6 nitrogen and oxygen atoms in total. The molecular weight excluding hydrogens is 370 g/mol. The summed E-state index contributed by atoms with van der Waals surface area (Å²) in [7, 11) is 1.86. The van der Waals surface area contributed by atoms with Gasteiger partial charge in [-0.2, -0.15) is 5.10 Å². The predicted molar refractivity (Wildman–Crippen MR) is 109 cm³/mol. The lowest BCUT2D eigenvalue weighted by atomic mass is 9.89. The first-order valence-electron chi connectivity index (χ1n) is 9.62. The molecule has 2 aromatic heterocycles. The van der Waals surface area contributed by atoms with Crippen molar-refractivity contribution in [2.75, 3.05) is 24.5 Å². The third-order valence-electron chi connectivity index (χ3n) is 6.00. The summed E-state index contributed by atoms with van der Waals surface area (Å²) in [5.74, 6) is 0.955. The van der Waals surface area contributed by atoms with Gasteiger partial charge in [0.25, 0.3) is 5.91 Å². The number of amides is 1. The Kier molecular flexibility index (Phi) is 4.19. The highest BCUT2D eigenvalue weighted by Crippen LogP contribution is 2.46. The van der Waals surface area contributed by atoms with Crippen molar-refractivity contribution >= 4 is 22.4 Å². The molecule has 1 aromatic carbocycles. The van der Waals surface area contributed by atoms with Gasteiger partial charge in [0.05, 0.1) is 17.3 Å². The van der Waals surface area contributed by atoms with Gasteiger partial charge in [-0.15, -0.1) is 11.3 Å². The van der Waals surface area contributed by atoms with Gasteiger partial charge in [-0.3, -0.25) is 9.48 Å². The molecule has 0 saturated carbocycles. The summed E-state index contributed by atoms with van der Waals surface area (Å²) in [6, 6.07) is 10.5. The highest BCUT2D eigenvalue weighted by molar-refractivity contribution is 7.13. The quantitative estimate of drug-likeness (QED) is 0.686. The van der Waals surface area contributed by atoms with E-state index in [2.05, 4.69) is 44.1 Å². The predicted octanol–water partition coefficient (Wildman–Crippen LogP) is 3.13. The van der Waals surface area contributed by atoms with E-state index in [1.165, 1.54) is 5.56 Å². The number of thiazole rings is 1.